The minimum absolute atomic E-state index is 0.592. The minimum atomic E-state index is 0.592. The van der Waals surface area contributed by atoms with Crippen LogP contribution in [-0.4, -0.2) is 24.7 Å². The van der Waals surface area contributed by atoms with E-state index in [1.807, 2.05) is 17.8 Å². The zero-order valence-electron chi connectivity index (χ0n) is 9.95. The van der Waals surface area contributed by atoms with Gasteiger partial charge in [0.25, 0.3) is 0 Å². The summed E-state index contributed by atoms with van der Waals surface area (Å²) in [4.78, 5) is 0. The Morgan fingerprint density at radius 3 is 3.00 bits per heavy atom. The molecule has 0 amide bonds. The first kappa shape index (κ1) is 11.6. The highest BCUT2D eigenvalue weighted by Crippen LogP contribution is 2.28. The minimum Gasteiger partial charge on any atom is -0.495 e. The Kier molecular flexibility index (Phi) is 3.99. The molecule has 0 radical (unpaired) electrons. The lowest BCUT2D eigenvalue weighted by Crippen LogP contribution is -2.25. The number of rotatable bonds is 3. The third kappa shape index (κ3) is 2.85. The van der Waals surface area contributed by atoms with E-state index in [2.05, 4.69) is 24.4 Å². The Morgan fingerprint density at radius 2 is 2.31 bits per heavy atom. The Morgan fingerprint density at radius 1 is 1.44 bits per heavy atom. The molecule has 2 rings (SSSR count). The Balaban J connectivity index is 2.09. The number of aryl methyl sites for hydroxylation is 1. The monoisotopic (exact) mass is 237 g/mol. The van der Waals surface area contributed by atoms with Gasteiger partial charge in [0.2, 0.25) is 0 Å². The van der Waals surface area contributed by atoms with Gasteiger partial charge in [0, 0.05) is 11.8 Å². The highest BCUT2D eigenvalue weighted by Gasteiger charge is 2.15. The molecule has 0 saturated carbocycles. The van der Waals surface area contributed by atoms with Gasteiger partial charge in [-0.25, -0.2) is 0 Å². The second-order valence-corrected chi connectivity index (χ2v) is 5.41. The van der Waals surface area contributed by atoms with Gasteiger partial charge >= 0.3 is 0 Å². The van der Waals surface area contributed by atoms with Crippen molar-refractivity contribution in [2.45, 2.75) is 25.8 Å². The van der Waals surface area contributed by atoms with Gasteiger partial charge in [-0.05, 0) is 43.2 Å². The molecule has 0 bridgehead atoms. The van der Waals surface area contributed by atoms with E-state index < -0.39 is 0 Å². The molecule has 0 aromatic heterocycles. The maximum Gasteiger partial charge on any atom is 0.141 e. The normalized spacial score (nSPS) is 20.5. The van der Waals surface area contributed by atoms with Gasteiger partial charge in [-0.2, -0.15) is 11.8 Å². The molecule has 1 heterocycles. The molecule has 88 valence electrons. The topological polar surface area (TPSA) is 21.3 Å². The van der Waals surface area contributed by atoms with Crippen LogP contribution in [0.2, 0.25) is 0 Å². The van der Waals surface area contributed by atoms with Crippen molar-refractivity contribution < 1.29 is 4.74 Å². The van der Waals surface area contributed by atoms with Gasteiger partial charge in [-0.15, -0.1) is 0 Å². The van der Waals surface area contributed by atoms with E-state index >= 15 is 0 Å². The zero-order chi connectivity index (χ0) is 11.4. The zero-order valence-corrected chi connectivity index (χ0v) is 10.8. The number of anilines is 1. The highest BCUT2D eigenvalue weighted by molar-refractivity contribution is 7.99. The van der Waals surface area contributed by atoms with E-state index in [-0.39, 0.29) is 0 Å². The fourth-order valence-electron chi connectivity index (χ4n) is 2.01. The van der Waals surface area contributed by atoms with Gasteiger partial charge in [0.15, 0.2) is 0 Å². The molecule has 1 fully saturated rings. The number of thioether (sulfide) groups is 1. The summed E-state index contributed by atoms with van der Waals surface area (Å²) in [6.45, 7) is 2.11. The molecule has 16 heavy (non-hydrogen) atoms. The average Bonchev–Trinajstić information content (AvgIpc) is 2.31. The average molecular weight is 237 g/mol. The summed E-state index contributed by atoms with van der Waals surface area (Å²) < 4.78 is 5.37. The smallest absolute Gasteiger partial charge is 0.141 e. The molecule has 1 atom stereocenters. The van der Waals surface area contributed by atoms with Crippen LogP contribution < -0.4 is 10.1 Å². The van der Waals surface area contributed by atoms with Crippen molar-refractivity contribution in [1.82, 2.24) is 0 Å². The first-order chi connectivity index (χ1) is 7.79. The summed E-state index contributed by atoms with van der Waals surface area (Å²) in [5.74, 6) is 3.46. The number of hydrogen-bond donors (Lipinski definition) is 1. The Labute approximate surface area is 102 Å². The lowest BCUT2D eigenvalue weighted by Gasteiger charge is -2.24. The molecular weight excluding hydrogens is 218 g/mol. The molecule has 1 aliphatic rings. The molecule has 1 aromatic rings. The van der Waals surface area contributed by atoms with E-state index in [0.717, 1.165) is 11.4 Å². The Bertz CT molecular complexity index is 348. The fraction of sp³-hybridized carbons (Fsp3) is 0.538. The van der Waals surface area contributed by atoms with Crippen LogP contribution >= 0.6 is 11.8 Å². The van der Waals surface area contributed by atoms with Crippen LogP contribution in [0.25, 0.3) is 0 Å². The molecule has 0 spiro atoms. The van der Waals surface area contributed by atoms with E-state index in [9.17, 15) is 0 Å². The second-order valence-electron chi connectivity index (χ2n) is 4.26. The standard InChI is InChI=1S/C13H19NOS/c1-10-5-6-13(15-2)12(8-10)14-11-4-3-7-16-9-11/h5-6,8,11,14H,3-4,7,9H2,1-2H3. The van der Waals surface area contributed by atoms with Crippen molar-refractivity contribution in [3.05, 3.63) is 23.8 Å². The summed E-state index contributed by atoms with van der Waals surface area (Å²) in [5.41, 5.74) is 2.40. The Hall–Kier alpha value is -0.830. The quantitative estimate of drug-likeness (QED) is 0.871. The van der Waals surface area contributed by atoms with Crippen molar-refractivity contribution >= 4 is 17.4 Å². The lowest BCUT2D eigenvalue weighted by molar-refractivity contribution is 0.416. The van der Waals surface area contributed by atoms with Gasteiger partial charge in [-0.1, -0.05) is 6.07 Å². The predicted molar refractivity (Wildman–Crippen MR) is 71.7 cm³/mol. The van der Waals surface area contributed by atoms with Crippen LogP contribution in [0.1, 0.15) is 18.4 Å². The van der Waals surface area contributed by atoms with Gasteiger partial charge in [0.1, 0.15) is 5.75 Å². The number of nitrogens with one attached hydrogen (secondary N) is 1. The molecule has 0 aliphatic carbocycles. The van der Waals surface area contributed by atoms with Crippen LogP contribution in [0.3, 0.4) is 0 Å². The number of hydrogen-bond acceptors (Lipinski definition) is 3. The van der Waals surface area contributed by atoms with Crippen molar-refractivity contribution in [3.8, 4) is 5.75 Å². The third-order valence-corrected chi connectivity index (χ3v) is 4.09. The van der Waals surface area contributed by atoms with E-state index in [1.165, 1.54) is 29.9 Å². The van der Waals surface area contributed by atoms with Crippen LogP contribution in [-0.2, 0) is 0 Å². The summed E-state index contributed by atoms with van der Waals surface area (Å²) >= 11 is 2.04. The lowest BCUT2D eigenvalue weighted by atomic mass is 10.1. The van der Waals surface area contributed by atoms with E-state index in [1.54, 1.807) is 7.11 Å². The van der Waals surface area contributed by atoms with Crippen molar-refractivity contribution in [2.75, 3.05) is 23.9 Å². The molecule has 2 nitrogen and oxygen atoms in total. The van der Waals surface area contributed by atoms with Crippen LogP contribution in [0.5, 0.6) is 5.75 Å². The summed E-state index contributed by atoms with van der Waals surface area (Å²) in [5, 5.41) is 3.60. The summed E-state index contributed by atoms with van der Waals surface area (Å²) in [6, 6.07) is 6.88. The molecule has 1 unspecified atom stereocenters. The maximum absolute atomic E-state index is 5.37. The van der Waals surface area contributed by atoms with Crippen LogP contribution in [0.15, 0.2) is 18.2 Å². The molecule has 1 aromatic carbocycles. The molecule has 3 heteroatoms. The van der Waals surface area contributed by atoms with Gasteiger partial charge < -0.3 is 10.1 Å². The first-order valence-corrected chi connectivity index (χ1v) is 6.94. The number of ether oxygens (including phenoxy) is 1. The van der Waals surface area contributed by atoms with Crippen molar-refractivity contribution in [1.29, 1.82) is 0 Å². The molecule has 1 N–H and O–H groups in total. The van der Waals surface area contributed by atoms with Crippen LogP contribution in [0.4, 0.5) is 5.69 Å². The van der Waals surface area contributed by atoms with Gasteiger partial charge in [0.05, 0.1) is 12.8 Å². The van der Waals surface area contributed by atoms with Crippen molar-refractivity contribution in [3.63, 3.8) is 0 Å². The predicted octanol–water partition coefficient (Wildman–Crippen LogP) is 3.31. The van der Waals surface area contributed by atoms with Crippen LogP contribution in [0, 0.1) is 6.92 Å². The number of benzene rings is 1. The third-order valence-electron chi connectivity index (χ3n) is 2.87. The second kappa shape index (κ2) is 5.48. The number of methoxy groups -OCH3 is 1. The van der Waals surface area contributed by atoms with Gasteiger partial charge in [-0.3, -0.25) is 0 Å². The SMILES string of the molecule is COc1ccc(C)cc1NC1CCCSC1. The summed E-state index contributed by atoms with van der Waals surface area (Å²) in [7, 11) is 1.73. The largest absolute Gasteiger partial charge is 0.495 e. The molecular formula is C13H19NOS. The van der Waals surface area contributed by atoms with E-state index in [4.69, 9.17) is 4.74 Å². The van der Waals surface area contributed by atoms with E-state index in [0.29, 0.717) is 6.04 Å². The molecule has 1 aliphatic heterocycles. The maximum atomic E-state index is 5.37. The first-order valence-electron chi connectivity index (χ1n) is 5.78. The summed E-state index contributed by atoms with van der Waals surface area (Å²) in [6.07, 6.45) is 2.58. The fourth-order valence-corrected chi connectivity index (χ4v) is 3.08. The molecule has 1 saturated heterocycles. The van der Waals surface area contributed by atoms with Crippen molar-refractivity contribution in [2.24, 2.45) is 0 Å². The highest BCUT2D eigenvalue weighted by atomic mass is 32.2.